The van der Waals surface area contributed by atoms with Crippen molar-refractivity contribution in [2.75, 3.05) is 38.1 Å². The number of aromatic nitrogens is 3. The summed E-state index contributed by atoms with van der Waals surface area (Å²) in [6.45, 7) is 4.24. The summed E-state index contributed by atoms with van der Waals surface area (Å²) < 4.78 is 0. The molecule has 0 unspecified atom stereocenters. The Balaban J connectivity index is 1.21. The van der Waals surface area contributed by atoms with Crippen LogP contribution in [0.1, 0.15) is 37.7 Å². The van der Waals surface area contributed by atoms with Crippen LogP contribution in [0.2, 0.25) is 0 Å². The van der Waals surface area contributed by atoms with Crippen molar-refractivity contribution in [3.63, 3.8) is 0 Å². The average molecular weight is 420 g/mol. The van der Waals surface area contributed by atoms with Crippen LogP contribution in [0.15, 0.2) is 36.7 Å². The number of aliphatic hydroxyl groups excluding tert-OH is 1. The lowest BCUT2D eigenvalue weighted by molar-refractivity contribution is 0.147. The summed E-state index contributed by atoms with van der Waals surface area (Å²) in [5.41, 5.74) is 4.65. The lowest BCUT2D eigenvalue weighted by Crippen LogP contribution is -2.36. The second-order valence-corrected chi connectivity index (χ2v) is 9.23. The summed E-state index contributed by atoms with van der Waals surface area (Å²) in [6, 6.07) is 8.98. The van der Waals surface area contributed by atoms with E-state index in [9.17, 15) is 0 Å². The quantitative estimate of drug-likeness (QED) is 0.487. The standard InChI is InChI=1S/C25H33N5O/c31-14-13-30-11-8-20(9-12-30)15-19-3-5-21(6-4-19)22-16-27-24-23(22)17-28-25(29-24)26-10-7-18-1-2-18/h3-6,16-18,20,31H,1-2,7-15H2,(H2,26,27,28,29). The Hall–Kier alpha value is -2.44. The van der Waals surface area contributed by atoms with E-state index in [4.69, 9.17) is 5.11 Å². The molecule has 1 saturated heterocycles. The summed E-state index contributed by atoms with van der Waals surface area (Å²) in [6.07, 6.45) is 11.5. The van der Waals surface area contributed by atoms with Crippen LogP contribution in [0.5, 0.6) is 0 Å². The van der Waals surface area contributed by atoms with Crippen molar-refractivity contribution >= 4 is 17.0 Å². The fraction of sp³-hybridized carbons (Fsp3) is 0.520. The molecule has 6 nitrogen and oxygen atoms in total. The highest BCUT2D eigenvalue weighted by atomic mass is 16.3. The molecule has 1 saturated carbocycles. The van der Waals surface area contributed by atoms with Gasteiger partial charge in [-0.25, -0.2) is 4.98 Å². The SMILES string of the molecule is OCCN1CCC(Cc2ccc(-c3c[nH]c4nc(NCCC5CC5)ncc34)cc2)CC1. The van der Waals surface area contributed by atoms with Gasteiger partial charge in [0.1, 0.15) is 5.65 Å². The number of hydrogen-bond acceptors (Lipinski definition) is 5. The molecule has 6 heteroatoms. The average Bonchev–Trinajstić information content (AvgIpc) is 3.53. The topological polar surface area (TPSA) is 77.1 Å². The van der Waals surface area contributed by atoms with Crippen molar-refractivity contribution in [1.82, 2.24) is 19.9 Å². The molecule has 0 radical (unpaired) electrons. The minimum Gasteiger partial charge on any atom is -0.395 e. The van der Waals surface area contributed by atoms with Crippen LogP contribution in [-0.2, 0) is 6.42 Å². The van der Waals surface area contributed by atoms with Crippen LogP contribution in [0.25, 0.3) is 22.2 Å². The van der Waals surface area contributed by atoms with Crippen LogP contribution < -0.4 is 5.32 Å². The fourth-order valence-corrected chi connectivity index (χ4v) is 4.74. The lowest BCUT2D eigenvalue weighted by atomic mass is 9.89. The number of β-amino-alcohol motifs (C(OH)–C–C–N with tert-alkyl or cyclic N) is 1. The Kier molecular flexibility index (Phi) is 6.18. The zero-order valence-electron chi connectivity index (χ0n) is 18.2. The summed E-state index contributed by atoms with van der Waals surface area (Å²) in [7, 11) is 0. The number of fused-ring (bicyclic) bond motifs is 1. The number of H-pyrrole nitrogens is 1. The van der Waals surface area contributed by atoms with E-state index >= 15 is 0 Å². The van der Waals surface area contributed by atoms with E-state index in [0.717, 1.165) is 61.0 Å². The molecule has 31 heavy (non-hydrogen) atoms. The van der Waals surface area contributed by atoms with Gasteiger partial charge in [-0.05, 0) is 61.7 Å². The van der Waals surface area contributed by atoms with E-state index in [1.165, 1.54) is 43.2 Å². The van der Waals surface area contributed by atoms with Gasteiger partial charge in [-0.3, -0.25) is 0 Å². The largest absolute Gasteiger partial charge is 0.395 e. The molecular formula is C25H33N5O. The molecule has 2 aromatic heterocycles. The third kappa shape index (κ3) is 5.08. The molecule has 3 N–H and O–H groups in total. The van der Waals surface area contributed by atoms with Gasteiger partial charge in [0.25, 0.3) is 0 Å². The number of anilines is 1. The highest BCUT2D eigenvalue weighted by Crippen LogP contribution is 2.32. The Labute approximate surface area is 184 Å². The van der Waals surface area contributed by atoms with E-state index in [1.807, 2.05) is 12.4 Å². The van der Waals surface area contributed by atoms with Gasteiger partial charge in [0.05, 0.1) is 6.61 Å². The molecule has 1 aliphatic heterocycles. The number of likely N-dealkylation sites (tertiary alicyclic amines) is 1. The first-order chi connectivity index (χ1) is 15.3. The molecule has 0 spiro atoms. The second-order valence-electron chi connectivity index (χ2n) is 9.23. The number of piperidine rings is 1. The molecule has 164 valence electrons. The van der Waals surface area contributed by atoms with Gasteiger partial charge < -0.3 is 20.3 Å². The number of aliphatic hydroxyl groups is 1. The van der Waals surface area contributed by atoms with Crippen molar-refractivity contribution in [3.8, 4) is 11.1 Å². The summed E-state index contributed by atoms with van der Waals surface area (Å²) in [5, 5.41) is 13.5. The van der Waals surface area contributed by atoms with E-state index < -0.39 is 0 Å². The van der Waals surface area contributed by atoms with Crippen LogP contribution in [-0.4, -0.2) is 57.7 Å². The first-order valence-corrected chi connectivity index (χ1v) is 11.8. The predicted molar refractivity (Wildman–Crippen MR) is 125 cm³/mol. The van der Waals surface area contributed by atoms with Crippen molar-refractivity contribution < 1.29 is 5.11 Å². The third-order valence-corrected chi connectivity index (χ3v) is 6.88. The lowest BCUT2D eigenvalue weighted by Gasteiger charge is -2.31. The normalized spacial score (nSPS) is 18.0. The first-order valence-electron chi connectivity index (χ1n) is 11.8. The van der Waals surface area contributed by atoms with E-state index in [0.29, 0.717) is 5.95 Å². The molecule has 5 rings (SSSR count). The van der Waals surface area contributed by atoms with E-state index in [-0.39, 0.29) is 6.61 Å². The van der Waals surface area contributed by atoms with Gasteiger partial charge in [0.15, 0.2) is 0 Å². The number of nitrogens with zero attached hydrogens (tertiary/aromatic N) is 3. The van der Waals surface area contributed by atoms with Crippen LogP contribution in [0, 0.1) is 11.8 Å². The van der Waals surface area contributed by atoms with Crippen molar-refractivity contribution in [3.05, 3.63) is 42.2 Å². The molecule has 2 aliphatic rings. The maximum atomic E-state index is 9.10. The highest BCUT2D eigenvalue weighted by molar-refractivity contribution is 5.93. The van der Waals surface area contributed by atoms with Gasteiger partial charge in [0.2, 0.25) is 5.95 Å². The smallest absolute Gasteiger partial charge is 0.224 e. The minimum atomic E-state index is 0.267. The van der Waals surface area contributed by atoms with Crippen molar-refractivity contribution in [1.29, 1.82) is 0 Å². The first kappa shape index (κ1) is 20.5. The van der Waals surface area contributed by atoms with Crippen molar-refractivity contribution in [2.45, 2.75) is 38.5 Å². The predicted octanol–water partition coefficient (Wildman–Crippen LogP) is 4.08. The number of hydrogen-bond donors (Lipinski definition) is 3. The van der Waals surface area contributed by atoms with E-state index in [2.05, 4.69) is 49.4 Å². The van der Waals surface area contributed by atoms with Gasteiger partial charge in [-0.1, -0.05) is 37.1 Å². The van der Waals surface area contributed by atoms with E-state index in [1.54, 1.807) is 0 Å². The Bertz CT molecular complexity index is 987. The maximum Gasteiger partial charge on any atom is 0.224 e. The highest BCUT2D eigenvalue weighted by Gasteiger charge is 2.21. The maximum absolute atomic E-state index is 9.10. The van der Waals surface area contributed by atoms with Crippen LogP contribution in [0.4, 0.5) is 5.95 Å². The molecule has 2 fully saturated rings. The molecule has 3 heterocycles. The van der Waals surface area contributed by atoms with Crippen LogP contribution >= 0.6 is 0 Å². The minimum absolute atomic E-state index is 0.267. The van der Waals surface area contributed by atoms with Crippen LogP contribution in [0.3, 0.4) is 0 Å². The molecule has 0 bridgehead atoms. The Morgan fingerprint density at radius 1 is 1.06 bits per heavy atom. The van der Waals surface area contributed by atoms with Crippen molar-refractivity contribution in [2.24, 2.45) is 11.8 Å². The number of benzene rings is 1. The van der Waals surface area contributed by atoms with Gasteiger partial charge in [-0.2, -0.15) is 4.98 Å². The molecular weight excluding hydrogens is 386 g/mol. The molecule has 1 aromatic carbocycles. The molecule has 0 atom stereocenters. The number of rotatable bonds is 9. The fourth-order valence-electron chi connectivity index (χ4n) is 4.74. The Morgan fingerprint density at radius 3 is 2.61 bits per heavy atom. The zero-order chi connectivity index (χ0) is 21.0. The number of nitrogens with one attached hydrogen (secondary N) is 2. The molecule has 1 aliphatic carbocycles. The van der Waals surface area contributed by atoms with Gasteiger partial charge in [0, 0.05) is 36.4 Å². The molecule has 0 amide bonds. The van der Waals surface area contributed by atoms with Gasteiger partial charge >= 0.3 is 0 Å². The molecule has 3 aromatic rings. The zero-order valence-corrected chi connectivity index (χ0v) is 18.2. The summed E-state index contributed by atoms with van der Waals surface area (Å²) >= 11 is 0. The summed E-state index contributed by atoms with van der Waals surface area (Å²) in [5.74, 6) is 2.37. The number of aromatic amines is 1. The Morgan fingerprint density at radius 2 is 1.87 bits per heavy atom. The monoisotopic (exact) mass is 419 g/mol. The van der Waals surface area contributed by atoms with Gasteiger partial charge in [-0.15, -0.1) is 0 Å². The third-order valence-electron chi connectivity index (χ3n) is 6.88. The summed E-state index contributed by atoms with van der Waals surface area (Å²) in [4.78, 5) is 14.9. The second kappa shape index (κ2) is 9.37.